The molecule has 5 aliphatic carbocycles. The van der Waals surface area contributed by atoms with Gasteiger partial charge in [0.25, 0.3) is 0 Å². The lowest BCUT2D eigenvalue weighted by Crippen LogP contribution is -2.60. The van der Waals surface area contributed by atoms with Crippen LogP contribution in [0.2, 0.25) is 0 Å². The summed E-state index contributed by atoms with van der Waals surface area (Å²) in [5.41, 5.74) is -0.113. The van der Waals surface area contributed by atoms with Crippen LogP contribution in [0.5, 0.6) is 0 Å². The molecule has 7 rings (SSSR count). The van der Waals surface area contributed by atoms with Crippen LogP contribution in [-0.2, 0) is 14.2 Å². The van der Waals surface area contributed by atoms with E-state index in [9.17, 15) is 10.2 Å². The second-order valence-electron chi connectivity index (χ2n) is 16.1. The van der Waals surface area contributed by atoms with Gasteiger partial charge in [0.15, 0.2) is 5.79 Å². The van der Waals surface area contributed by atoms with Gasteiger partial charge in [-0.15, -0.1) is 0 Å². The fourth-order valence-corrected chi connectivity index (χ4v) is 12.8. The summed E-state index contributed by atoms with van der Waals surface area (Å²) in [5.74, 6) is 0.761. The lowest BCUT2D eigenvalue weighted by Gasteiger charge is -2.63. The monoisotopic (exact) mass is 502 g/mol. The van der Waals surface area contributed by atoms with Gasteiger partial charge in [0, 0.05) is 18.4 Å². The summed E-state index contributed by atoms with van der Waals surface area (Å²) in [5, 5.41) is 23.5. The van der Waals surface area contributed by atoms with E-state index in [1.54, 1.807) is 7.11 Å². The minimum atomic E-state index is -0.932. The number of ether oxygens (including phenoxy) is 3. The lowest BCUT2D eigenvalue weighted by atomic mass is 9.41. The van der Waals surface area contributed by atoms with Crippen molar-refractivity contribution in [2.45, 2.75) is 136 Å². The molecule has 0 aromatic rings. The van der Waals surface area contributed by atoms with E-state index in [1.165, 1.54) is 19.3 Å². The third-order valence-corrected chi connectivity index (χ3v) is 14.7. The van der Waals surface area contributed by atoms with Gasteiger partial charge in [-0.05, 0) is 105 Å². The zero-order chi connectivity index (χ0) is 25.9. The average molecular weight is 503 g/mol. The molecule has 204 valence electrons. The number of hydrogen-bond donors (Lipinski definition) is 2. The van der Waals surface area contributed by atoms with Crippen molar-refractivity contribution in [2.24, 2.45) is 50.7 Å². The first kappa shape index (κ1) is 24.8. The van der Waals surface area contributed by atoms with Crippen LogP contribution in [0.1, 0.15) is 99.8 Å². The smallest absolute Gasteiger partial charge is 0.199 e. The van der Waals surface area contributed by atoms with Crippen LogP contribution >= 0.6 is 0 Å². The Morgan fingerprint density at radius 2 is 1.56 bits per heavy atom. The molecular formula is C31H50O5. The number of rotatable bonds is 2. The van der Waals surface area contributed by atoms with Crippen molar-refractivity contribution >= 4 is 0 Å². The summed E-state index contributed by atoms with van der Waals surface area (Å²) >= 11 is 0. The molecular weight excluding hydrogens is 452 g/mol. The molecule has 5 saturated carbocycles. The third kappa shape index (κ3) is 2.33. The number of hydrogen-bond acceptors (Lipinski definition) is 5. The Hall–Kier alpha value is -0.200. The summed E-state index contributed by atoms with van der Waals surface area (Å²) in [6.45, 7) is 16.1. The summed E-state index contributed by atoms with van der Waals surface area (Å²) in [4.78, 5) is 0. The van der Waals surface area contributed by atoms with Crippen molar-refractivity contribution in [2.75, 3.05) is 7.11 Å². The molecule has 2 aliphatic heterocycles. The van der Waals surface area contributed by atoms with Gasteiger partial charge in [0.05, 0.1) is 17.8 Å². The minimum absolute atomic E-state index is 0.0201. The SMILES string of the molecule is COC(C)(C)[C@H]1OC23OC1C[C@@H](C)C2[C@@]1(C)CC[C@@]24C[C@@]25CC[C@H](O)C(C)(C)C5CCC4[C@]1(C)[C@H]3O. The fraction of sp³-hybridized carbons (Fsp3) is 1.00. The quantitative estimate of drug-likeness (QED) is 0.535. The Morgan fingerprint density at radius 1 is 0.889 bits per heavy atom. The molecule has 5 nitrogen and oxygen atoms in total. The standard InChI is InChI=1S/C31H50O5/c1-17-15-18-23(26(4,5)34-8)36-31(35-18)22(17)27(6)13-14-30-16-29(30)12-11-21(32)25(2,3)19(29)9-10-20(30)28(27,7)24(31)33/h17-24,32-33H,9-16H2,1-8H3/t17-,18?,19?,20?,21+,22?,23+,24-,27-,28-,29-,30+,31?/m1/s1. The zero-order valence-corrected chi connectivity index (χ0v) is 23.9. The van der Waals surface area contributed by atoms with E-state index in [-0.39, 0.29) is 40.5 Å². The van der Waals surface area contributed by atoms with Crippen LogP contribution in [0.25, 0.3) is 0 Å². The maximum atomic E-state index is 12.6. The number of fused-ring (bicyclic) bond motifs is 4. The van der Waals surface area contributed by atoms with E-state index in [0.717, 1.165) is 32.1 Å². The highest BCUT2D eigenvalue weighted by Gasteiger charge is 2.88. The Bertz CT molecular complexity index is 978. The molecule has 36 heavy (non-hydrogen) atoms. The molecule has 7 aliphatic rings. The van der Waals surface area contributed by atoms with Gasteiger partial charge in [-0.25, -0.2) is 0 Å². The zero-order valence-electron chi connectivity index (χ0n) is 23.9. The topological polar surface area (TPSA) is 68.2 Å². The van der Waals surface area contributed by atoms with Gasteiger partial charge in [0.2, 0.25) is 0 Å². The molecule has 2 saturated heterocycles. The number of aliphatic hydroxyl groups is 2. The van der Waals surface area contributed by atoms with Gasteiger partial charge < -0.3 is 24.4 Å². The van der Waals surface area contributed by atoms with Gasteiger partial charge in [0.1, 0.15) is 12.2 Å². The Balaban J connectivity index is 1.32. The Morgan fingerprint density at radius 3 is 2.25 bits per heavy atom. The van der Waals surface area contributed by atoms with Gasteiger partial charge in [-0.3, -0.25) is 0 Å². The van der Waals surface area contributed by atoms with E-state index in [0.29, 0.717) is 28.6 Å². The van der Waals surface area contributed by atoms with Gasteiger partial charge in [-0.1, -0.05) is 34.6 Å². The molecule has 5 heteroatoms. The molecule has 0 radical (unpaired) electrons. The highest BCUT2D eigenvalue weighted by molar-refractivity contribution is 5.34. The van der Waals surface area contributed by atoms with Crippen LogP contribution in [0.4, 0.5) is 0 Å². The van der Waals surface area contributed by atoms with Crippen LogP contribution in [0, 0.1) is 50.7 Å². The van der Waals surface area contributed by atoms with E-state index < -0.39 is 17.5 Å². The molecule has 2 N–H and O–H groups in total. The maximum absolute atomic E-state index is 12.6. The first-order valence-electron chi connectivity index (χ1n) is 14.9. The van der Waals surface area contributed by atoms with Crippen LogP contribution in [-0.4, -0.2) is 53.1 Å². The van der Waals surface area contributed by atoms with Crippen molar-refractivity contribution in [3.63, 3.8) is 0 Å². The van der Waals surface area contributed by atoms with Gasteiger partial charge in [-0.2, -0.15) is 0 Å². The molecule has 13 atom stereocenters. The van der Waals surface area contributed by atoms with Crippen LogP contribution in [0.3, 0.4) is 0 Å². The second kappa shape index (κ2) is 6.74. The average Bonchev–Trinajstić information content (AvgIpc) is 3.34. The summed E-state index contributed by atoms with van der Waals surface area (Å²) < 4.78 is 19.8. The largest absolute Gasteiger partial charge is 0.393 e. The van der Waals surface area contributed by atoms with Crippen LogP contribution in [0.15, 0.2) is 0 Å². The normalized spacial score (nSPS) is 62.5. The van der Waals surface area contributed by atoms with Crippen molar-refractivity contribution in [3.8, 4) is 0 Å². The molecule has 2 bridgehead atoms. The van der Waals surface area contributed by atoms with Crippen molar-refractivity contribution in [3.05, 3.63) is 0 Å². The highest BCUT2D eigenvalue weighted by Crippen LogP contribution is 2.90. The molecule has 0 amide bonds. The third-order valence-electron chi connectivity index (χ3n) is 14.7. The van der Waals surface area contributed by atoms with Gasteiger partial charge >= 0.3 is 0 Å². The molecule has 5 unspecified atom stereocenters. The first-order valence-corrected chi connectivity index (χ1v) is 14.9. The predicted molar refractivity (Wildman–Crippen MR) is 137 cm³/mol. The molecule has 3 spiro atoms. The van der Waals surface area contributed by atoms with Crippen LogP contribution < -0.4 is 0 Å². The minimum Gasteiger partial charge on any atom is -0.393 e. The summed E-state index contributed by atoms with van der Waals surface area (Å²) in [6, 6.07) is 0. The second-order valence-corrected chi connectivity index (χ2v) is 16.1. The summed E-state index contributed by atoms with van der Waals surface area (Å²) in [6.07, 6.45) is 8.04. The molecule has 0 aromatic heterocycles. The highest BCUT2D eigenvalue weighted by atomic mass is 16.8. The molecule has 0 aromatic carbocycles. The fourth-order valence-electron chi connectivity index (χ4n) is 12.8. The predicted octanol–water partition coefficient (Wildman–Crippen LogP) is 5.31. The number of aliphatic hydroxyl groups excluding tert-OH is 2. The van der Waals surface area contributed by atoms with E-state index >= 15 is 0 Å². The summed E-state index contributed by atoms with van der Waals surface area (Å²) in [7, 11) is 1.76. The molecule has 7 fully saturated rings. The van der Waals surface area contributed by atoms with E-state index in [1.807, 2.05) is 0 Å². The Labute approximate surface area is 218 Å². The van der Waals surface area contributed by atoms with Crippen molar-refractivity contribution in [1.82, 2.24) is 0 Å². The Kier molecular flexibility index (Phi) is 4.65. The number of methoxy groups -OCH3 is 1. The first-order chi connectivity index (χ1) is 16.7. The lowest BCUT2D eigenvalue weighted by molar-refractivity contribution is -0.283. The van der Waals surface area contributed by atoms with E-state index in [4.69, 9.17) is 14.2 Å². The van der Waals surface area contributed by atoms with Crippen molar-refractivity contribution < 1.29 is 24.4 Å². The maximum Gasteiger partial charge on any atom is 0.199 e. The van der Waals surface area contributed by atoms with E-state index in [2.05, 4.69) is 48.5 Å². The molecule has 2 heterocycles. The van der Waals surface area contributed by atoms with Crippen molar-refractivity contribution in [1.29, 1.82) is 0 Å².